The van der Waals surface area contributed by atoms with Crippen molar-refractivity contribution in [2.24, 2.45) is 4.99 Å². The summed E-state index contributed by atoms with van der Waals surface area (Å²) in [4.78, 5) is 8.11. The molecule has 0 amide bonds. The summed E-state index contributed by atoms with van der Waals surface area (Å²) in [6.45, 7) is 1.80. The lowest BCUT2D eigenvalue weighted by atomic mass is 10.1. The van der Waals surface area contributed by atoms with Crippen LogP contribution in [0.3, 0.4) is 0 Å². The maximum atomic E-state index is 12.6. The first-order valence-electron chi connectivity index (χ1n) is 7.96. The number of alkyl halides is 3. The molecule has 2 N–H and O–H groups in total. The number of hydrogen-bond donors (Lipinski definition) is 2. The van der Waals surface area contributed by atoms with Crippen molar-refractivity contribution in [1.82, 2.24) is 25.1 Å². The molecule has 1 aliphatic heterocycles. The van der Waals surface area contributed by atoms with Crippen LogP contribution in [0, 0.1) is 6.92 Å². The molecule has 27 heavy (non-hydrogen) atoms. The second-order valence-corrected chi connectivity index (χ2v) is 7.68. The van der Waals surface area contributed by atoms with Crippen LogP contribution >= 0.6 is 24.0 Å². The van der Waals surface area contributed by atoms with Crippen molar-refractivity contribution in [3.63, 3.8) is 0 Å². The minimum atomic E-state index is -5.27. The van der Waals surface area contributed by atoms with Gasteiger partial charge >= 0.3 is 15.5 Å². The summed E-state index contributed by atoms with van der Waals surface area (Å²) >= 11 is 0. The number of piperidine rings is 1. The van der Waals surface area contributed by atoms with E-state index >= 15 is 0 Å². The van der Waals surface area contributed by atoms with Crippen LogP contribution in [-0.4, -0.2) is 67.1 Å². The van der Waals surface area contributed by atoms with Gasteiger partial charge in [0, 0.05) is 39.1 Å². The molecule has 2 heterocycles. The molecule has 1 aliphatic rings. The molecule has 1 aromatic heterocycles. The van der Waals surface area contributed by atoms with Crippen molar-refractivity contribution in [3.8, 4) is 0 Å². The van der Waals surface area contributed by atoms with E-state index in [0.717, 1.165) is 0 Å². The van der Waals surface area contributed by atoms with E-state index in [1.54, 1.807) is 14.0 Å². The Labute approximate surface area is 172 Å². The van der Waals surface area contributed by atoms with Crippen molar-refractivity contribution in [3.05, 3.63) is 11.7 Å². The molecule has 2 rings (SSSR count). The van der Waals surface area contributed by atoms with Crippen LogP contribution in [0.1, 0.15) is 24.6 Å². The van der Waals surface area contributed by atoms with Crippen molar-refractivity contribution in [2.45, 2.75) is 37.7 Å². The second kappa shape index (κ2) is 9.86. The zero-order chi connectivity index (χ0) is 19.4. The van der Waals surface area contributed by atoms with Gasteiger partial charge in [0.15, 0.2) is 11.8 Å². The molecule has 0 saturated carbocycles. The Bertz CT molecular complexity index is 732. The molecule has 0 aliphatic carbocycles. The van der Waals surface area contributed by atoms with Gasteiger partial charge in [0.1, 0.15) is 0 Å². The number of sulfonamides is 1. The van der Waals surface area contributed by atoms with Crippen LogP contribution in [0.4, 0.5) is 13.2 Å². The molecule has 1 aromatic rings. The maximum absolute atomic E-state index is 12.6. The van der Waals surface area contributed by atoms with Gasteiger partial charge in [0.25, 0.3) is 0 Å². The van der Waals surface area contributed by atoms with Gasteiger partial charge in [0.2, 0.25) is 5.89 Å². The van der Waals surface area contributed by atoms with E-state index in [9.17, 15) is 21.6 Å². The number of aromatic nitrogens is 2. The number of aryl methyl sites for hydroxylation is 1. The lowest BCUT2D eigenvalue weighted by Crippen LogP contribution is -2.51. The number of halogens is 4. The van der Waals surface area contributed by atoms with Gasteiger partial charge in [-0.15, -0.1) is 24.0 Å². The third kappa shape index (κ3) is 6.44. The van der Waals surface area contributed by atoms with E-state index < -0.39 is 15.5 Å². The van der Waals surface area contributed by atoms with Gasteiger partial charge in [-0.2, -0.15) is 22.5 Å². The molecule has 1 fully saturated rings. The maximum Gasteiger partial charge on any atom is 0.511 e. The second-order valence-electron chi connectivity index (χ2n) is 5.75. The summed E-state index contributed by atoms with van der Waals surface area (Å²) in [6.07, 6.45) is 0.988. The van der Waals surface area contributed by atoms with E-state index in [1.807, 2.05) is 0 Å². The largest absolute Gasteiger partial charge is 0.511 e. The molecule has 0 bridgehead atoms. The quantitative estimate of drug-likeness (QED) is 0.335. The van der Waals surface area contributed by atoms with Crippen molar-refractivity contribution >= 4 is 40.0 Å². The predicted molar refractivity (Wildman–Crippen MR) is 102 cm³/mol. The lowest BCUT2D eigenvalue weighted by Gasteiger charge is -2.32. The van der Waals surface area contributed by atoms with Gasteiger partial charge in [-0.1, -0.05) is 5.16 Å². The molecule has 0 unspecified atom stereocenters. The summed E-state index contributed by atoms with van der Waals surface area (Å²) in [7, 11) is -3.70. The fourth-order valence-corrected chi connectivity index (χ4v) is 3.49. The fraction of sp³-hybridized carbons (Fsp3) is 0.769. The van der Waals surface area contributed by atoms with Crippen LogP contribution in [0.5, 0.6) is 0 Å². The van der Waals surface area contributed by atoms with Crippen LogP contribution in [0.15, 0.2) is 9.52 Å². The Morgan fingerprint density at radius 2 is 2.00 bits per heavy atom. The number of nitrogens with zero attached hydrogens (tertiary/aromatic N) is 4. The number of nitrogens with one attached hydrogen (secondary N) is 2. The van der Waals surface area contributed by atoms with Crippen molar-refractivity contribution in [2.75, 3.05) is 26.7 Å². The first-order valence-corrected chi connectivity index (χ1v) is 9.40. The summed E-state index contributed by atoms with van der Waals surface area (Å²) in [6, 6.07) is -0.175. The van der Waals surface area contributed by atoms with Crippen LogP contribution in [0.25, 0.3) is 0 Å². The highest BCUT2D eigenvalue weighted by Crippen LogP contribution is 2.28. The molecular formula is C13H22F3IN6O3S. The van der Waals surface area contributed by atoms with Gasteiger partial charge in [-0.3, -0.25) is 4.99 Å². The summed E-state index contributed by atoms with van der Waals surface area (Å²) in [5, 5.41) is 9.80. The summed E-state index contributed by atoms with van der Waals surface area (Å²) in [5.41, 5.74) is -5.27. The first kappa shape index (κ1) is 23.9. The van der Waals surface area contributed by atoms with E-state index in [4.69, 9.17) is 4.52 Å². The topological polar surface area (TPSA) is 113 Å². The molecule has 9 nitrogen and oxygen atoms in total. The number of rotatable bonds is 5. The van der Waals surface area contributed by atoms with Gasteiger partial charge in [0.05, 0.1) is 0 Å². The SMILES string of the molecule is CN=C(NCCc1nc(C)no1)NC1CCN(S(=O)(=O)C(F)(F)F)CC1.I. The highest BCUT2D eigenvalue weighted by molar-refractivity contribution is 14.0. The predicted octanol–water partition coefficient (Wildman–Crippen LogP) is 1.02. The molecule has 0 radical (unpaired) electrons. The van der Waals surface area contributed by atoms with E-state index in [-0.39, 0.29) is 55.9 Å². The van der Waals surface area contributed by atoms with E-state index in [0.29, 0.717) is 34.9 Å². The third-order valence-corrected chi connectivity index (χ3v) is 5.48. The highest BCUT2D eigenvalue weighted by Gasteiger charge is 2.50. The molecule has 156 valence electrons. The highest BCUT2D eigenvalue weighted by atomic mass is 127. The van der Waals surface area contributed by atoms with Gasteiger partial charge in [-0.05, 0) is 19.8 Å². The Kier molecular flexibility index (Phi) is 8.72. The molecule has 0 aromatic carbocycles. The van der Waals surface area contributed by atoms with E-state index in [2.05, 4.69) is 25.8 Å². The number of aliphatic imine (C=N–C) groups is 1. The minimum absolute atomic E-state index is 0. The van der Waals surface area contributed by atoms with Crippen LogP contribution < -0.4 is 10.6 Å². The lowest BCUT2D eigenvalue weighted by molar-refractivity contribution is -0.0494. The van der Waals surface area contributed by atoms with Gasteiger partial charge in [-0.25, -0.2) is 8.42 Å². The molecule has 1 saturated heterocycles. The van der Waals surface area contributed by atoms with Gasteiger partial charge < -0.3 is 15.2 Å². The molecule has 0 spiro atoms. The normalized spacial score (nSPS) is 17.4. The number of guanidine groups is 1. The number of hydrogen-bond acceptors (Lipinski definition) is 6. The van der Waals surface area contributed by atoms with Crippen molar-refractivity contribution in [1.29, 1.82) is 0 Å². The zero-order valence-corrected chi connectivity index (χ0v) is 17.9. The summed E-state index contributed by atoms with van der Waals surface area (Å²) < 4.78 is 66.0. The van der Waals surface area contributed by atoms with Crippen LogP contribution in [0.2, 0.25) is 0 Å². The monoisotopic (exact) mass is 526 g/mol. The third-order valence-electron chi connectivity index (χ3n) is 3.85. The van der Waals surface area contributed by atoms with Crippen LogP contribution in [-0.2, 0) is 16.4 Å². The summed E-state index contributed by atoms with van der Waals surface area (Å²) in [5.74, 6) is 1.50. The average Bonchev–Trinajstić information content (AvgIpc) is 2.98. The average molecular weight is 526 g/mol. The molecular weight excluding hydrogens is 504 g/mol. The standard InChI is InChI=1S/C13H21F3N6O3S.HI/c1-9-19-11(25-21-9)3-6-18-12(17-2)20-10-4-7-22(8-5-10)26(23,24)13(14,15)16;/h10H,3-8H2,1-2H3,(H2,17,18,20);1H. The fourth-order valence-electron chi connectivity index (χ4n) is 2.50. The molecule has 0 atom stereocenters. The van der Waals surface area contributed by atoms with Crippen molar-refractivity contribution < 1.29 is 26.1 Å². The van der Waals surface area contributed by atoms with E-state index in [1.165, 1.54) is 0 Å². The first-order chi connectivity index (χ1) is 12.1. The zero-order valence-electron chi connectivity index (χ0n) is 14.8. The Hall–Kier alpha value is -1.16. The Morgan fingerprint density at radius 3 is 2.48 bits per heavy atom. The minimum Gasteiger partial charge on any atom is -0.356 e. The molecule has 14 heteroatoms. The smallest absolute Gasteiger partial charge is 0.356 e. The Balaban J connectivity index is 0.00000364. The Morgan fingerprint density at radius 1 is 1.37 bits per heavy atom.